The van der Waals surface area contributed by atoms with Crippen LogP contribution in [0.15, 0.2) is 40.7 Å². The van der Waals surface area contributed by atoms with E-state index in [4.69, 9.17) is 18.0 Å². The number of nitrogens with two attached hydrogens (primary N) is 1. The molecule has 8 heteroatoms. The molecule has 0 aliphatic carbocycles. The predicted molar refractivity (Wildman–Crippen MR) is 87.8 cm³/mol. The summed E-state index contributed by atoms with van der Waals surface area (Å²) in [4.78, 5) is 4.88. The Morgan fingerprint density at radius 3 is 2.81 bits per heavy atom. The van der Waals surface area contributed by atoms with Gasteiger partial charge in [-0.3, -0.25) is 4.98 Å². The quantitative estimate of drug-likeness (QED) is 0.787. The lowest BCUT2D eigenvalue weighted by Crippen LogP contribution is -2.30. The van der Waals surface area contributed by atoms with Gasteiger partial charge in [0, 0.05) is 11.1 Å². The van der Waals surface area contributed by atoms with E-state index in [-0.39, 0.29) is 21.6 Å². The first-order valence-corrected chi connectivity index (χ1v) is 9.03. The molecule has 2 rings (SSSR count). The highest BCUT2D eigenvalue weighted by atomic mass is 32.2. The van der Waals surface area contributed by atoms with Gasteiger partial charge in [-0.1, -0.05) is 25.2 Å². The number of thiocarbonyl (C=S) groups is 1. The standard InChI is InChI=1S/C13H15N3O2S3/c1-2-9(10-5-4-8-20-10)16-21(17,18)11-6-3-7-15-12(11)13(14)19/h3-9,16H,2H2,1H3,(H2,14,19). The topological polar surface area (TPSA) is 85.1 Å². The highest BCUT2D eigenvalue weighted by Crippen LogP contribution is 2.24. The predicted octanol–water partition coefficient (Wildman–Crippen LogP) is 2.21. The van der Waals surface area contributed by atoms with Crippen LogP contribution in [0.3, 0.4) is 0 Å². The van der Waals surface area contributed by atoms with Gasteiger partial charge in [-0.15, -0.1) is 11.3 Å². The fourth-order valence-corrected chi connectivity index (χ4v) is 4.51. The number of hydrogen-bond donors (Lipinski definition) is 2. The van der Waals surface area contributed by atoms with Gasteiger partial charge in [-0.25, -0.2) is 13.1 Å². The number of thiophene rings is 1. The Bertz CT molecular complexity index is 727. The van der Waals surface area contributed by atoms with Crippen molar-refractivity contribution in [3.05, 3.63) is 46.4 Å². The monoisotopic (exact) mass is 341 g/mol. The summed E-state index contributed by atoms with van der Waals surface area (Å²) in [7, 11) is -3.75. The van der Waals surface area contributed by atoms with Crippen molar-refractivity contribution < 1.29 is 8.42 Å². The average molecular weight is 341 g/mol. The molecule has 0 saturated heterocycles. The summed E-state index contributed by atoms with van der Waals surface area (Å²) in [5.41, 5.74) is 5.66. The molecule has 0 radical (unpaired) electrons. The van der Waals surface area contributed by atoms with Crippen molar-refractivity contribution in [3.63, 3.8) is 0 Å². The normalized spacial score (nSPS) is 13.0. The van der Waals surface area contributed by atoms with E-state index in [1.807, 2.05) is 24.4 Å². The summed E-state index contributed by atoms with van der Waals surface area (Å²) in [5, 5.41) is 1.91. The van der Waals surface area contributed by atoms with E-state index >= 15 is 0 Å². The Kier molecular flexibility index (Phi) is 5.04. The van der Waals surface area contributed by atoms with Crippen molar-refractivity contribution in [2.75, 3.05) is 0 Å². The smallest absolute Gasteiger partial charge is 0.243 e. The van der Waals surface area contributed by atoms with Crippen molar-refractivity contribution in [1.29, 1.82) is 0 Å². The molecular formula is C13H15N3O2S3. The van der Waals surface area contributed by atoms with Crippen LogP contribution in [0.5, 0.6) is 0 Å². The summed E-state index contributed by atoms with van der Waals surface area (Å²) in [6.07, 6.45) is 2.10. The van der Waals surface area contributed by atoms with Crippen LogP contribution < -0.4 is 10.5 Å². The Balaban J connectivity index is 2.37. The zero-order valence-electron chi connectivity index (χ0n) is 11.3. The summed E-state index contributed by atoms with van der Waals surface area (Å²) in [6.45, 7) is 1.92. The van der Waals surface area contributed by atoms with Crippen LogP contribution in [0.25, 0.3) is 0 Å². The summed E-state index contributed by atoms with van der Waals surface area (Å²) in [5.74, 6) is 0. The summed E-state index contributed by atoms with van der Waals surface area (Å²) < 4.78 is 27.8. The number of hydrogen-bond acceptors (Lipinski definition) is 5. The lowest BCUT2D eigenvalue weighted by Gasteiger charge is -2.16. The van der Waals surface area contributed by atoms with Crippen molar-refractivity contribution in [2.45, 2.75) is 24.3 Å². The van der Waals surface area contributed by atoms with Crippen molar-refractivity contribution in [3.8, 4) is 0 Å². The molecule has 1 atom stereocenters. The minimum atomic E-state index is -3.75. The van der Waals surface area contributed by atoms with Crippen LogP contribution in [0.1, 0.15) is 30.0 Å². The van der Waals surface area contributed by atoms with Gasteiger partial charge in [0.1, 0.15) is 15.6 Å². The van der Waals surface area contributed by atoms with Gasteiger partial charge in [-0.2, -0.15) is 0 Å². The van der Waals surface area contributed by atoms with Crippen LogP contribution in [0.2, 0.25) is 0 Å². The van der Waals surface area contributed by atoms with E-state index in [1.54, 1.807) is 6.07 Å². The number of pyridine rings is 1. The summed E-state index contributed by atoms with van der Waals surface area (Å²) in [6, 6.07) is 6.50. The lowest BCUT2D eigenvalue weighted by atomic mass is 10.2. The van der Waals surface area contributed by atoms with Crippen LogP contribution in [-0.4, -0.2) is 18.4 Å². The fourth-order valence-electron chi connectivity index (χ4n) is 1.88. The third kappa shape index (κ3) is 3.65. The molecule has 0 aliphatic rings. The maximum atomic E-state index is 12.6. The number of nitrogens with zero attached hydrogens (tertiary/aromatic N) is 1. The molecule has 0 aliphatic heterocycles. The second-order valence-corrected chi connectivity index (χ2v) is 7.41. The molecule has 2 aromatic rings. The van der Waals surface area contributed by atoms with Crippen LogP contribution in [-0.2, 0) is 10.0 Å². The Labute approximate surface area is 133 Å². The highest BCUT2D eigenvalue weighted by Gasteiger charge is 2.24. The van der Waals surface area contributed by atoms with Crippen LogP contribution in [0, 0.1) is 0 Å². The number of aromatic nitrogens is 1. The van der Waals surface area contributed by atoms with Gasteiger partial charge in [0.15, 0.2) is 0 Å². The van der Waals surface area contributed by atoms with Gasteiger partial charge in [-0.05, 0) is 30.0 Å². The molecule has 2 aromatic heterocycles. The molecule has 21 heavy (non-hydrogen) atoms. The molecule has 0 bridgehead atoms. The fraction of sp³-hybridized carbons (Fsp3) is 0.231. The first-order valence-electron chi connectivity index (χ1n) is 6.26. The molecule has 0 fully saturated rings. The number of rotatable bonds is 6. The first kappa shape index (κ1) is 16.0. The Hall–Kier alpha value is -1.35. The third-order valence-corrected chi connectivity index (χ3v) is 5.57. The maximum absolute atomic E-state index is 12.6. The zero-order chi connectivity index (χ0) is 15.5. The van der Waals surface area contributed by atoms with E-state index in [2.05, 4.69) is 9.71 Å². The van der Waals surface area contributed by atoms with Crippen LogP contribution in [0.4, 0.5) is 0 Å². The molecule has 1 unspecified atom stereocenters. The van der Waals surface area contributed by atoms with Gasteiger partial charge < -0.3 is 5.73 Å². The first-order chi connectivity index (χ1) is 9.95. The van der Waals surface area contributed by atoms with E-state index in [0.29, 0.717) is 6.42 Å². The molecule has 5 nitrogen and oxygen atoms in total. The molecule has 112 valence electrons. The van der Waals surface area contributed by atoms with Crippen molar-refractivity contribution in [1.82, 2.24) is 9.71 Å². The van der Waals surface area contributed by atoms with Gasteiger partial charge in [0.25, 0.3) is 0 Å². The van der Waals surface area contributed by atoms with Gasteiger partial charge in [0.2, 0.25) is 10.0 Å². The molecule has 0 aromatic carbocycles. The van der Waals surface area contributed by atoms with Crippen molar-refractivity contribution >= 4 is 38.6 Å². The maximum Gasteiger partial charge on any atom is 0.243 e. The Morgan fingerprint density at radius 2 is 2.24 bits per heavy atom. The molecule has 0 amide bonds. The number of sulfonamides is 1. The second kappa shape index (κ2) is 6.61. The third-order valence-electron chi connectivity index (χ3n) is 2.89. The molecule has 0 spiro atoms. The van der Waals surface area contributed by atoms with Gasteiger partial charge in [0.05, 0.1) is 6.04 Å². The average Bonchev–Trinajstić information content (AvgIpc) is 2.99. The van der Waals surface area contributed by atoms with Gasteiger partial charge >= 0.3 is 0 Å². The summed E-state index contributed by atoms with van der Waals surface area (Å²) >= 11 is 6.37. The molecule has 2 heterocycles. The highest BCUT2D eigenvalue weighted by molar-refractivity contribution is 7.89. The number of nitrogens with one attached hydrogen (secondary N) is 1. The van der Waals surface area contributed by atoms with E-state index in [1.165, 1.54) is 23.6 Å². The van der Waals surface area contributed by atoms with E-state index in [9.17, 15) is 8.42 Å². The van der Waals surface area contributed by atoms with E-state index in [0.717, 1.165) is 4.88 Å². The molecule has 3 N–H and O–H groups in total. The minimum absolute atomic E-state index is 0.00695. The second-order valence-electron chi connectivity index (χ2n) is 4.31. The largest absolute Gasteiger partial charge is 0.388 e. The Morgan fingerprint density at radius 1 is 1.48 bits per heavy atom. The minimum Gasteiger partial charge on any atom is -0.388 e. The lowest BCUT2D eigenvalue weighted by molar-refractivity contribution is 0.552. The SMILES string of the molecule is CCC(NS(=O)(=O)c1cccnc1C(N)=S)c1cccs1. The van der Waals surface area contributed by atoms with Crippen molar-refractivity contribution in [2.24, 2.45) is 5.73 Å². The molecule has 0 saturated carbocycles. The zero-order valence-corrected chi connectivity index (χ0v) is 13.8. The van der Waals surface area contributed by atoms with Crippen LogP contribution >= 0.6 is 23.6 Å². The molecular weight excluding hydrogens is 326 g/mol. The van der Waals surface area contributed by atoms with E-state index < -0.39 is 10.0 Å².